The van der Waals surface area contributed by atoms with Crippen molar-refractivity contribution in [1.82, 2.24) is 4.98 Å². The summed E-state index contributed by atoms with van der Waals surface area (Å²) >= 11 is 11.9. The third-order valence-corrected chi connectivity index (χ3v) is 5.96. The highest BCUT2D eigenvalue weighted by Crippen LogP contribution is 2.39. The molecular formula is C16H19BClNO2S2. The monoisotopic (exact) mass is 367 g/mol. The summed E-state index contributed by atoms with van der Waals surface area (Å²) in [5.74, 6) is 0.568. The van der Waals surface area contributed by atoms with E-state index < -0.39 is 0 Å². The van der Waals surface area contributed by atoms with E-state index in [1.165, 1.54) is 11.3 Å². The van der Waals surface area contributed by atoms with Crippen LogP contribution in [0.1, 0.15) is 33.3 Å². The van der Waals surface area contributed by atoms with Gasteiger partial charge in [0, 0.05) is 5.75 Å². The van der Waals surface area contributed by atoms with Gasteiger partial charge in [0.2, 0.25) is 0 Å². The molecule has 1 aliphatic heterocycles. The molecular weight excluding hydrogens is 349 g/mol. The Balaban J connectivity index is 1.92. The van der Waals surface area contributed by atoms with Crippen molar-refractivity contribution >= 4 is 59.0 Å². The lowest BCUT2D eigenvalue weighted by Crippen LogP contribution is -2.41. The quantitative estimate of drug-likeness (QED) is 0.619. The van der Waals surface area contributed by atoms with E-state index in [9.17, 15) is 0 Å². The van der Waals surface area contributed by atoms with E-state index >= 15 is 0 Å². The Morgan fingerprint density at radius 3 is 2.57 bits per heavy atom. The normalized spacial score (nSPS) is 20.4. The van der Waals surface area contributed by atoms with Crippen LogP contribution in [-0.4, -0.2) is 29.1 Å². The molecule has 0 atom stereocenters. The SMILES string of the molecule is CC1(C)OB(C(=Cc2ccc3nc(Cl)sc3c2)CS)OC1(C)C. The molecule has 1 saturated heterocycles. The molecule has 0 bridgehead atoms. The minimum atomic E-state index is -0.377. The third kappa shape index (κ3) is 3.33. The lowest BCUT2D eigenvalue weighted by atomic mass is 9.78. The van der Waals surface area contributed by atoms with Gasteiger partial charge in [-0.25, -0.2) is 4.98 Å². The minimum absolute atomic E-state index is 0.352. The summed E-state index contributed by atoms with van der Waals surface area (Å²) in [4.78, 5) is 4.27. The Kier molecular flexibility index (Phi) is 4.58. The summed E-state index contributed by atoms with van der Waals surface area (Å²) in [6.45, 7) is 8.20. The molecule has 1 fully saturated rings. The predicted molar refractivity (Wildman–Crippen MR) is 103 cm³/mol. The Bertz CT molecular complexity index is 757. The number of thiazole rings is 1. The average Bonchev–Trinajstić information content (AvgIpc) is 2.91. The molecule has 23 heavy (non-hydrogen) atoms. The van der Waals surface area contributed by atoms with Crippen LogP contribution < -0.4 is 0 Å². The van der Waals surface area contributed by atoms with E-state index in [4.69, 9.17) is 20.9 Å². The minimum Gasteiger partial charge on any atom is -0.400 e. The van der Waals surface area contributed by atoms with Crippen LogP contribution in [0.25, 0.3) is 16.3 Å². The first-order valence-electron chi connectivity index (χ1n) is 7.45. The van der Waals surface area contributed by atoms with Crippen molar-refractivity contribution < 1.29 is 9.31 Å². The van der Waals surface area contributed by atoms with Gasteiger partial charge < -0.3 is 9.31 Å². The molecule has 0 unspecified atom stereocenters. The highest BCUT2D eigenvalue weighted by Gasteiger charge is 2.52. The zero-order chi connectivity index (χ0) is 16.8. The number of fused-ring (bicyclic) bond motifs is 1. The molecule has 0 saturated carbocycles. The number of halogens is 1. The zero-order valence-electron chi connectivity index (χ0n) is 13.6. The highest BCUT2D eigenvalue weighted by molar-refractivity contribution is 7.80. The summed E-state index contributed by atoms with van der Waals surface area (Å²) < 4.78 is 13.8. The fraction of sp³-hybridized carbons (Fsp3) is 0.438. The van der Waals surface area contributed by atoms with Crippen molar-refractivity contribution in [1.29, 1.82) is 0 Å². The first-order chi connectivity index (χ1) is 10.7. The number of nitrogens with zero attached hydrogens (tertiary/aromatic N) is 1. The molecule has 0 aliphatic carbocycles. The van der Waals surface area contributed by atoms with Crippen LogP contribution in [0.3, 0.4) is 0 Å². The smallest absolute Gasteiger partial charge is 0.400 e. The van der Waals surface area contributed by atoms with Crippen LogP contribution in [0, 0.1) is 0 Å². The van der Waals surface area contributed by atoms with E-state index in [1.54, 1.807) is 0 Å². The van der Waals surface area contributed by atoms with Gasteiger partial charge in [-0.3, -0.25) is 0 Å². The maximum absolute atomic E-state index is 6.11. The molecule has 0 amide bonds. The molecule has 7 heteroatoms. The number of benzene rings is 1. The van der Waals surface area contributed by atoms with Crippen molar-refractivity contribution in [2.75, 3.05) is 5.75 Å². The summed E-state index contributed by atoms with van der Waals surface area (Å²) in [7, 11) is -0.377. The van der Waals surface area contributed by atoms with Crippen molar-refractivity contribution in [3.05, 3.63) is 33.7 Å². The lowest BCUT2D eigenvalue weighted by Gasteiger charge is -2.32. The number of rotatable bonds is 3. The number of aromatic nitrogens is 1. The van der Waals surface area contributed by atoms with Gasteiger partial charge >= 0.3 is 7.12 Å². The standard InChI is InChI=1S/C16H19BClNO2S2/c1-15(2)16(3,4)21-17(20-15)11(9-22)7-10-5-6-12-13(8-10)23-14(18)19-12/h5-8,22H,9H2,1-4H3. The van der Waals surface area contributed by atoms with Gasteiger partial charge in [0.25, 0.3) is 0 Å². The second-order valence-electron chi connectivity index (χ2n) is 6.66. The molecule has 3 nitrogen and oxygen atoms in total. The molecule has 3 rings (SSSR count). The Morgan fingerprint density at radius 2 is 1.96 bits per heavy atom. The van der Waals surface area contributed by atoms with Crippen LogP contribution >= 0.6 is 35.6 Å². The summed E-state index contributed by atoms with van der Waals surface area (Å²) in [6, 6.07) is 6.07. The van der Waals surface area contributed by atoms with Crippen LogP contribution in [0.15, 0.2) is 23.7 Å². The fourth-order valence-electron chi connectivity index (χ4n) is 2.40. The van der Waals surface area contributed by atoms with Crippen LogP contribution in [0.5, 0.6) is 0 Å². The maximum Gasteiger partial charge on any atom is 0.491 e. The van der Waals surface area contributed by atoms with E-state index in [0.717, 1.165) is 21.3 Å². The van der Waals surface area contributed by atoms with Gasteiger partial charge in [-0.2, -0.15) is 12.6 Å². The lowest BCUT2D eigenvalue weighted by molar-refractivity contribution is 0.00578. The maximum atomic E-state index is 6.11. The summed E-state index contributed by atoms with van der Waals surface area (Å²) in [5.41, 5.74) is 2.28. The van der Waals surface area contributed by atoms with Crippen LogP contribution in [0.4, 0.5) is 0 Å². The van der Waals surface area contributed by atoms with Crippen molar-refractivity contribution in [3.8, 4) is 0 Å². The van der Waals surface area contributed by atoms with Gasteiger partial charge in [0.05, 0.1) is 21.4 Å². The van der Waals surface area contributed by atoms with Gasteiger partial charge in [-0.1, -0.05) is 23.7 Å². The van der Waals surface area contributed by atoms with Crippen molar-refractivity contribution in [2.24, 2.45) is 0 Å². The van der Waals surface area contributed by atoms with Gasteiger partial charge in [0.1, 0.15) is 0 Å². The number of hydrogen-bond donors (Lipinski definition) is 1. The molecule has 2 aromatic rings. The van der Waals surface area contributed by atoms with Crippen molar-refractivity contribution in [2.45, 2.75) is 38.9 Å². The molecule has 1 aromatic heterocycles. The topological polar surface area (TPSA) is 31.4 Å². The predicted octanol–water partition coefficient (Wildman–Crippen LogP) is 4.89. The zero-order valence-corrected chi connectivity index (χ0v) is 16.1. The number of hydrogen-bond acceptors (Lipinski definition) is 5. The van der Waals surface area contributed by atoms with Gasteiger partial charge in [-0.15, -0.1) is 11.3 Å². The van der Waals surface area contributed by atoms with Crippen molar-refractivity contribution in [3.63, 3.8) is 0 Å². The molecule has 0 N–H and O–H groups in total. The fourth-order valence-corrected chi connectivity index (χ4v) is 3.72. The van der Waals surface area contributed by atoms with E-state index in [1.807, 2.05) is 12.1 Å². The molecule has 2 heterocycles. The Hall–Kier alpha value is -0.525. The molecule has 0 radical (unpaired) electrons. The first-order valence-corrected chi connectivity index (χ1v) is 9.27. The second kappa shape index (κ2) is 6.08. The largest absolute Gasteiger partial charge is 0.491 e. The Labute approximate surface area is 151 Å². The third-order valence-electron chi connectivity index (χ3n) is 4.48. The average molecular weight is 368 g/mol. The van der Waals surface area contributed by atoms with E-state index in [0.29, 0.717) is 10.2 Å². The summed E-state index contributed by atoms with van der Waals surface area (Å²) in [6.07, 6.45) is 2.07. The Morgan fingerprint density at radius 1 is 1.30 bits per heavy atom. The van der Waals surface area contributed by atoms with Crippen LogP contribution in [0.2, 0.25) is 4.47 Å². The van der Waals surface area contributed by atoms with Crippen LogP contribution in [-0.2, 0) is 9.31 Å². The molecule has 122 valence electrons. The highest BCUT2D eigenvalue weighted by atomic mass is 35.5. The molecule has 1 aromatic carbocycles. The first kappa shape index (κ1) is 17.3. The second-order valence-corrected chi connectivity index (χ2v) is 8.59. The molecule has 0 spiro atoms. The number of thiol groups is 1. The summed E-state index contributed by atoms with van der Waals surface area (Å²) in [5, 5.41) is 0. The van der Waals surface area contributed by atoms with E-state index in [2.05, 4.69) is 57.5 Å². The van der Waals surface area contributed by atoms with E-state index in [-0.39, 0.29) is 18.3 Å². The molecule has 1 aliphatic rings. The van der Waals surface area contributed by atoms with Gasteiger partial charge in [0.15, 0.2) is 4.47 Å². The van der Waals surface area contributed by atoms with Gasteiger partial charge in [-0.05, 0) is 50.9 Å².